The van der Waals surface area contributed by atoms with Gasteiger partial charge in [0, 0.05) is 11.6 Å². The van der Waals surface area contributed by atoms with Crippen molar-refractivity contribution in [3.63, 3.8) is 0 Å². The zero-order valence-electron chi connectivity index (χ0n) is 22.2. The van der Waals surface area contributed by atoms with Gasteiger partial charge in [0.25, 0.3) is 0 Å². The Morgan fingerprint density at radius 2 is 1.81 bits per heavy atom. The molecule has 1 aromatic heterocycles. The summed E-state index contributed by atoms with van der Waals surface area (Å²) in [4.78, 5) is 19.0. The van der Waals surface area contributed by atoms with Crippen molar-refractivity contribution in [2.24, 2.45) is 11.7 Å². The molecule has 204 valence electrons. The molecular weight excluding hydrogens is 500 g/mol. The van der Waals surface area contributed by atoms with E-state index < -0.39 is 24.4 Å². The van der Waals surface area contributed by atoms with Crippen LogP contribution in [0, 0.1) is 11.7 Å². The number of hydrogen-bond acceptors (Lipinski definition) is 5. The van der Waals surface area contributed by atoms with Gasteiger partial charge in [0.05, 0.1) is 25.3 Å². The number of amides is 1. The van der Waals surface area contributed by atoms with Crippen molar-refractivity contribution in [1.29, 1.82) is 0 Å². The quantitative estimate of drug-likeness (QED) is 0.367. The molecule has 0 bridgehead atoms. The molecule has 0 fully saturated rings. The smallest absolute Gasteiger partial charge is 0.248 e. The number of alkyl halides is 1. The highest BCUT2D eigenvalue weighted by Crippen LogP contribution is 2.31. The molecule has 37 heavy (non-hydrogen) atoms. The average Bonchev–Trinajstić information content (AvgIpc) is 3.32. The van der Waals surface area contributed by atoms with E-state index in [4.69, 9.17) is 22.3 Å². The predicted molar refractivity (Wildman–Crippen MR) is 144 cm³/mol. The van der Waals surface area contributed by atoms with Gasteiger partial charge in [0.1, 0.15) is 12.4 Å². The lowest BCUT2D eigenvalue weighted by Crippen LogP contribution is -2.41. The molecule has 0 unspecified atom stereocenters. The molecule has 0 radical (unpaired) electrons. The largest absolute Gasteiger partial charge is 0.387 e. The molecule has 1 heterocycles. The highest BCUT2D eigenvalue weighted by molar-refractivity contribution is 6.30. The number of carbonyl (C=O) groups excluding carboxylic acids is 1. The summed E-state index contributed by atoms with van der Waals surface area (Å²) in [6.07, 6.45) is 0.567. The van der Waals surface area contributed by atoms with E-state index in [1.165, 1.54) is 18.2 Å². The molecule has 3 rings (SSSR count). The first-order chi connectivity index (χ1) is 17.8. The van der Waals surface area contributed by atoms with Crippen LogP contribution in [-0.2, 0) is 11.3 Å². The Balaban J connectivity index is 0.00000163. The number of halogens is 3. The maximum absolute atomic E-state index is 14.6. The van der Waals surface area contributed by atoms with Crippen molar-refractivity contribution in [3.8, 4) is 11.4 Å². The second kappa shape index (κ2) is 16.8. The first-order valence-electron chi connectivity index (χ1n) is 12.3. The Bertz CT molecular complexity index is 1080. The van der Waals surface area contributed by atoms with Gasteiger partial charge in [0.15, 0.2) is 11.6 Å². The monoisotopic (exact) mass is 537 g/mol. The average molecular weight is 538 g/mol. The number of aliphatic hydroxyl groups excluding tert-OH is 1. The second-order valence-corrected chi connectivity index (χ2v) is 8.57. The minimum atomic E-state index is -0.629. The molecule has 0 saturated carbocycles. The van der Waals surface area contributed by atoms with Crippen LogP contribution in [0.4, 0.5) is 8.78 Å². The highest BCUT2D eigenvalue weighted by atomic mass is 35.5. The Labute approximate surface area is 223 Å². The van der Waals surface area contributed by atoms with Gasteiger partial charge in [-0.05, 0) is 42.6 Å². The summed E-state index contributed by atoms with van der Waals surface area (Å²) in [7, 11) is 0.500. The molecule has 0 aliphatic heterocycles. The van der Waals surface area contributed by atoms with Crippen LogP contribution in [-0.4, -0.2) is 57.6 Å². The fourth-order valence-electron chi connectivity index (χ4n) is 3.80. The molecule has 1 atom stereocenters. The van der Waals surface area contributed by atoms with Gasteiger partial charge in [0.2, 0.25) is 5.91 Å². The SMILES string of the molecule is CC.CC(C)[C@H](c1nc(-c2cc(Cl)ccc2F)nn1Cc1ccccc1)N(CCCN)C(=O)CO.CF. The molecule has 10 heteroatoms. The Morgan fingerprint density at radius 1 is 1.16 bits per heavy atom. The van der Waals surface area contributed by atoms with Crippen LogP contribution >= 0.6 is 11.6 Å². The number of hydrogen-bond donors (Lipinski definition) is 2. The number of nitrogens with zero attached hydrogens (tertiary/aromatic N) is 4. The normalized spacial score (nSPS) is 11.2. The van der Waals surface area contributed by atoms with Crippen molar-refractivity contribution < 1.29 is 18.7 Å². The minimum Gasteiger partial charge on any atom is -0.387 e. The number of aromatic nitrogens is 3. The predicted octanol–water partition coefficient (Wildman–Crippen LogP) is 5.26. The molecular formula is C27H38ClF2N5O2. The Kier molecular flexibility index (Phi) is 14.6. The van der Waals surface area contributed by atoms with Crippen molar-refractivity contribution >= 4 is 17.5 Å². The van der Waals surface area contributed by atoms with Crippen LogP contribution in [0.25, 0.3) is 11.4 Å². The standard InChI is InChI=1S/C24H29ClFN5O2.C2H6.CH3F/c1-16(2)22(30(12-6-11-27)21(33)15-32)24-28-23(19-13-18(25)9-10-20(19)26)29-31(24)14-17-7-4-3-5-8-17;2*1-2/h3-5,7-10,13,16,22,32H,6,11-12,14-15,27H2,1-2H3;1-2H3;1H3/t22-;;/m1../s1. The molecule has 1 amide bonds. The lowest BCUT2D eigenvalue weighted by molar-refractivity contribution is -0.138. The van der Waals surface area contributed by atoms with Crippen LogP contribution in [0.15, 0.2) is 48.5 Å². The third kappa shape index (κ3) is 8.87. The maximum atomic E-state index is 14.6. The first-order valence-corrected chi connectivity index (χ1v) is 12.7. The number of rotatable bonds is 10. The lowest BCUT2D eigenvalue weighted by Gasteiger charge is -2.33. The highest BCUT2D eigenvalue weighted by Gasteiger charge is 2.32. The number of aliphatic hydroxyl groups is 1. The van der Waals surface area contributed by atoms with E-state index in [-0.39, 0.29) is 17.3 Å². The molecule has 0 aliphatic rings. The van der Waals surface area contributed by atoms with E-state index in [2.05, 4.69) is 5.10 Å². The molecule has 0 aliphatic carbocycles. The third-order valence-electron chi connectivity index (χ3n) is 5.34. The zero-order valence-corrected chi connectivity index (χ0v) is 22.9. The van der Waals surface area contributed by atoms with Gasteiger partial charge in [-0.2, -0.15) is 5.10 Å². The fraction of sp³-hybridized carbons (Fsp3) is 0.444. The summed E-state index contributed by atoms with van der Waals surface area (Å²) in [5, 5.41) is 14.6. The topological polar surface area (TPSA) is 97.3 Å². The van der Waals surface area contributed by atoms with E-state index in [0.717, 1.165) is 5.56 Å². The summed E-state index contributed by atoms with van der Waals surface area (Å²) in [6.45, 7) is 8.44. The number of nitrogens with two attached hydrogens (primary N) is 1. The van der Waals surface area contributed by atoms with Gasteiger partial charge in [-0.25, -0.2) is 14.1 Å². The van der Waals surface area contributed by atoms with Gasteiger partial charge in [-0.1, -0.05) is 69.6 Å². The maximum Gasteiger partial charge on any atom is 0.248 e. The number of benzene rings is 2. The summed E-state index contributed by atoms with van der Waals surface area (Å²) < 4.78 is 25.8. The Hall–Kier alpha value is -2.88. The van der Waals surface area contributed by atoms with Crippen molar-refractivity contribution in [2.75, 3.05) is 26.9 Å². The van der Waals surface area contributed by atoms with Crippen LogP contribution in [0.3, 0.4) is 0 Å². The van der Waals surface area contributed by atoms with Crippen LogP contribution in [0.2, 0.25) is 5.02 Å². The van der Waals surface area contributed by atoms with E-state index in [0.29, 0.717) is 44.1 Å². The summed E-state index contributed by atoms with van der Waals surface area (Å²) in [5.74, 6) is -0.292. The van der Waals surface area contributed by atoms with Crippen molar-refractivity contribution in [2.45, 2.75) is 46.7 Å². The van der Waals surface area contributed by atoms with E-state index in [1.807, 2.05) is 58.0 Å². The van der Waals surface area contributed by atoms with Crippen molar-refractivity contribution in [3.05, 3.63) is 70.8 Å². The summed E-state index contributed by atoms with van der Waals surface area (Å²) >= 11 is 6.10. The van der Waals surface area contributed by atoms with Crippen LogP contribution in [0.1, 0.15) is 51.5 Å². The molecule has 3 N–H and O–H groups in total. The molecule has 2 aromatic carbocycles. The second-order valence-electron chi connectivity index (χ2n) is 8.14. The van der Waals surface area contributed by atoms with Crippen LogP contribution < -0.4 is 5.73 Å². The molecule has 3 aromatic rings. The molecule has 0 saturated heterocycles. The number of carbonyl (C=O) groups is 1. The fourth-order valence-corrected chi connectivity index (χ4v) is 3.97. The van der Waals surface area contributed by atoms with E-state index in [9.17, 15) is 18.7 Å². The van der Waals surface area contributed by atoms with Gasteiger partial charge >= 0.3 is 0 Å². The lowest BCUT2D eigenvalue weighted by atomic mass is 10.0. The van der Waals surface area contributed by atoms with Crippen LogP contribution in [0.5, 0.6) is 0 Å². The minimum absolute atomic E-state index is 0.0611. The molecule has 0 spiro atoms. The summed E-state index contributed by atoms with van der Waals surface area (Å²) in [6, 6.07) is 13.4. The Morgan fingerprint density at radius 3 is 2.38 bits per heavy atom. The third-order valence-corrected chi connectivity index (χ3v) is 5.57. The van der Waals surface area contributed by atoms with Gasteiger partial charge in [-0.3, -0.25) is 9.18 Å². The van der Waals surface area contributed by atoms with E-state index >= 15 is 0 Å². The summed E-state index contributed by atoms with van der Waals surface area (Å²) in [5.41, 5.74) is 6.85. The first kappa shape index (κ1) is 32.1. The van der Waals surface area contributed by atoms with Gasteiger partial charge in [-0.15, -0.1) is 0 Å². The van der Waals surface area contributed by atoms with Gasteiger partial charge < -0.3 is 15.7 Å². The molecule has 7 nitrogen and oxygen atoms in total. The van der Waals surface area contributed by atoms with E-state index in [1.54, 1.807) is 9.58 Å². The van der Waals surface area contributed by atoms with Crippen molar-refractivity contribution in [1.82, 2.24) is 19.7 Å². The zero-order chi connectivity index (χ0) is 28.0.